The van der Waals surface area contributed by atoms with Gasteiger partial charge in [-0.2, -0.15) is 8.42 Å². The van der Waals surface area contributed by atoms with Crippen molar-refractivity contribution in [3.63, 3.8) is 0 Å². The van der Waals surface area contributed by atoms with Crippen LogP contribution in [-0.2, 0) is 16.5 Å². The van der Waals surface area contributed by atoms with E-state index < -0.39 is 10.1 Å². The van der Waals surface area contributed by atoms with Crippen molar-refractivity contribution in [1.29, 1.82) is 0 Å². The third-order valence-corrected chi connectivity index (χ3v) is 4.26. The molecule has 0 radical (unpaired) electrons. The van der Waals surface area contributed by atoms with E-state index in [2.05, 4.69) is 0 Å². The van der Waals surface area contributed by atoms with Gasteiger partial charge in [0.1, 0.15) is 0 Å². The van der Waals surface area contributed by atoms with Gasteiger partial charge in [0.15, 0.2) is 0 Å². The average Bonchev–Trinajstić information content (AvgIpc) is 2.41. The van der Waals surface area contributed by atoms with Crippen LogP contribution in [0.3, 0.4) is 0 Å². The monoisotopic (exact) mass is 323 g/mol. The Hall–Kier alpha value is 0.0900. The fraction of sp³-hybridized carbons (Fsp3) is 0.600. The van der Waals surface area contributed by atoms with E-state index in [-0.39, 0.29) is 34.5 Å². The fourth-order valence-corrected chi connectivity index (χ4v) is 2.67. The average molecular weight is 323 g/mol. The van der Waals surface area contributed by atoms with Crippen molar-refractivity contribution in [3.8, 4) is 0 Å². The number of benzene rings is 1. The maximum atomic E-state index is 10.9. The molecule has 0 aliphatic rings. The van der Waals surface area contributed by atoms with Crippen LogP contribution < -0.4 is 5.73 Å². The second-order valence-corrected chi connectivity index (χ2v) is 6.55. The molecule has 116 valence electrons. The van der Waals surface area contributed by atoms with Crippen LogP contribution in [0, 0.1) is 0 Å². The molecule has 0 amide bonds. The van der Waals surface area contributed by atoms with Crippen LogP contribution >= 0.6 is 0 Å². The summed E-state index contributed by atoms with van der Waals surface area (Å²) in [6, 6.07) is 6.45. The summed E-state index contributed by atoms with van der Waals surface area (Å²) in [4.78, 5) is -0.0406. The molecule has 21 heavy (non-hydrogen) atoms. The van der Waals surface area contributed by atoms with Gasteiger partial charge in [-0.25, -0.2) is 0 Å². The van der Waals surface area contributed by atoms with Crippen LogP contribution in [0.25, 0.3) is 0 Å². The van der Waals surface area contributed by atoms with Crippen molar-refractivity contribution in [1.82, 2.24) is 0 Å². The normalized spacial score (nSPS) is 11.1. The Labute approximate surface area is 150 Å². The Kier molecular flexibility index (Phi) is 11.7. The molecule has 6 heteroatoms. The Morgan fingerprint density at radius 3 is 1.81 bits per heavy atom. The van der Waals surface area contributed by atoms with E-state index in [0.717, 1.165) is 31.4 Å². The summed E-state index contributed by atoms with van der Waals surface area (Å²) in [5.74, 6) is 0. The molecular weight excluding hydrogens is 297 g/mol. The molecule has 0 atom stereocenters. The van der Waals surface area contributed by atoms with Gasteiger partial charge in [-0.05, 0) is 43.5 Å². The van der Waals surface area contributed by atoms with Crippen molar-refractivity contribution < 1.29 is 13.0 Å². The second kappa shape index (κ2) is 11.6. The van der Waals surface area contributed by atoms with Crippen molar-refractivity contribution in [2.75, 3.05) is 6.54 Å². The van der Waals surface area contributed by atoms with Crippen LogP contribution in [-0.4, -0.2) is 49.1 Å². The summed E-state index contributed by atoms with van der Waals surface area (Å²) in [6.07, 6.45) is 9.39. The van der Waals surface area contributed by atoms with Gasteiger partial charge < -0.3 is 5.73 Å². The molecule has 0 aliphatic heterocycles. The topological polar surface area (TPSA) is 80.4 Å². The molecule has 1 aromatic rings. The van der Waals surface area contributed by atoms with Crippen LogP contribution in [0.4, 0.5) is 0 Å². The van der Waals surface area contributed by atoms with Gasteiger partial charge in [-0.15, -0.1) is 0 Å². The Balaban J connectivity index is 0.00000400. The van der Waals surface area contributed by atoms with E-state index in [4.69, 9.17) is 10.3 Å². The van der Waals surface area contributed by atoms with Crippen LogP contribution in [0.5, 0.6) is 0 Å². The first kappa shape index (κ1) is 21.1. The van der Waals surface area contributed by atoms with Gasteiger partial charge in [0.25, 0.3) is 10.1 Å². The SMILES string of the molecule is NCCCCCCCCCc1ccc(S(=O)(=O)O)cc1.[NaH]. The zero-order valence-corrected chi connectivity index (χ0v) is 12.7. The molecule has 0 heterocycles. The Morgan fingerprint density at radius 1 is 0.857 bits per heavy atom. The summed E-state index contributed by atoms with van der Waals surface area (Å²) >= 11 is 0. The Morgan fingerprint density at radius 2 is 1.33 bits per heavy atom. The van der Waals surface area contributed by atoms with Crippen LogP contribution in [0.15, 0.2) is 29.2 Å². The van der Waals surface area contributed by atoms with E-state index in [1.165, 1.54) is 44.2 Å². The number of aryl methyl sites for hydroxylation is 1. The molecule has 1 rings (SSSR count). The molecule has 4 nitrogen and oxygen atoms in total. The fourth-order valence-electron chi connectivity index (χ4n) is 2.19. The van der Waals surface area contributed by atoms with Gasteiger partial charge in [0.2, 0.25) is 0 Å². The van der Waals surface area contributed by atoms with Gasteiger partial charge >= 0.3 is 29.6 Å². The Bertz CT molecular complexity index is 474. The number of nitrogens with two attached hydrogens (primary N) is 1. The van der Waals surface area contributed by atoms with Crippen LogP contribution in [0.2, 0.25) is 0 Å². The minimum absolute atomic E-state index is 0. The minimum atomic E-state index is -4.07. The van der Waals surface area contributed by atoms with E-state index in [0.29, 0.717) is 0 Å². The summed E-state index contributed by atoms with van der Waals surface area (Å²) in [7, 11) is -4.07. The van der Waals surface area contributed by atoms with Gasteiger partial charge in [0, 0.05) is 0 Å². The summed E-state index contributed by atoms with van der Waals surface area (Å²) < 4.78 is 30.7. The summed E-state index contributed by atoms with van der Waals surface area (Å²) in [5, 5.41) is 0. The molecule has 0 spiro atoms. The molecule has 0 aromatic heterocycles. The molecular formula is C15H26NNaO3S. The molecule has 0 bridgehead atoms. The van der Waals surface area contributed by atoms with E-state index in [9.17, 15) is 8.42 Å². The van der Waals surface area contributed by atoms with E-state index >= 15 is 0 Å². The first-order valence-electron chi connectivity index (χ1n) is 7.30. The zero-order valence-electron chi connectivity index (χ0n) is 11.9. The molecule has 0 unspecified atom stereocenters. The first-order valence-corrected chi connectivity index (χ1v) is 8.74. The van der Waals surface area contributed by atoms with E-state index in [1.54, 1.807) is 12.1 Å². The van der Waals surface area contributed by atoms with E-state index in [1.807, 2.05) is 0 Å². The summed E-state index contributed by atoms with van der Waals surface area (Å²) in [6.45, 7) is 0.791. The predicted molar refractivity (Wildman–Crippen MR) is 88.5 cm³/mol. The standard InChI is InChI=1S/C15H25NO3S.Na.H/c16-13-7-5-3-1-2-4-6-8-14-9-11-15(12-10-14)20(17,18)19;;/h9-12H,1-8,13,16H2,(H,17,18,19);;. The number of hydrogen-bond donors (Lipinski definition) is 2. The molecule has 0 aliphatic carbocycles. The van der Waals surface area contributed by atoms with Crippen molar-refractivity contribution >= 4 is 39.7 Å². The number of unbranched alkanes of at least 4 members (excludes halogenated alkanes) is 6. The number of rotatable bonds is 10. The predicted octanol–water partition coefficient (Wildman–Crippen LogP) is 2.52. The van der Waals surface area contributed by atoms with Crippen molar-refractivity contribution in [2.45, 2.75) is 56.3 Å². The van der Waals surface area contributed by atoms with Crippen molar-refractivity contribution in [2.24, 2.45) is 5.73 Å². The number of hydrogen-bond acceptors (Lipinski definition) is 3. The molecule has 0 fully saturated rings. The molecule has 0 saturated carbocycles. The zero-order chi connectivity index (χ0) is 14.8. The first-order chi connectivity index (χ1) is 9.54. The van der Waals surface area contributed by atoms with Crippen molar-refractivity contribution in [3.05, 3.63) is 29.8 Å². The van der Waals surface area contributed by atoms with Gasteiger partial charge in [0.05, 0.1) is 4.90 Å². The summed E-state index contributed by atoms with van der Waals surface area (Å²) in [5.41, 5.74) is 6.55. The molecule has 1 aromatic carbocycles. The van der Waals surface area contributed by atoms with Gasteiger partial charge in [-0.1, -0.05) is 44.2 Å². The maximum absolute atomic E-state index is 10.9. The third-order valence-electron chi connectivity index (χ3n) is 3.39. The quantitative estimate of drug-likeness (QED) is 0.394. The molecule has 0 saturated heterocycles. The second-order valence-electron chi connectivity index (χ2n) is 5.13. The van der Waals surface area contributed by atoms with Gasteiger partial charge in [-0.3, -0.25) is 4.55 Å². The molecule has 3 N–H and O–H groups in total. The van der Waals surface area contributed by atoms with Crippen LogP contribution in [0.1, 0.15) is 50.5 Å². The third kappa shape index (κ3) is 9.66.